The Labute approximate surface area is 101 Å². The Balaban J connectivity index is 2.70. The standard InChI is InChI=1S/C13H18O4/c1-9(14)10-5-4-6-11(7-10)17-8-13(2,3)12(15)16/h4-7,9,14H,8H2,1-3H3,(H,15,16). The molecule has 4 heteroatoms. The second kappa shape index (κ2) is 5.19. The first kappa shape index (κ1) is 13.5. The normalized spacial score (nSPS) is 13.2. The molecule has 17 heavy (non-hydrogen) atoms. The van der Waals surface area contributed by atoms with Crippen molar-refractivity contribution >= 4 is 5.97 Å². The highest BCUT2D eigenvalue weighted by Crippen LogP contribution is 2.22. The summed E-state index contributed by atoms with van der Waals surface area (Å²) in [6.07, 6.45) is -0.564. The Bertz CT molecular complexity index is 396. The van der Waals surface area contributed by atoms with Crippen molar-refractivity contribution in [1.82, 2.24) is 0 Å². The van der Waals surface area contributed by atoms with Crippen molar-refractivity contribution in [2.24, 2.45) is 5.41 Å². The van der Waals surface area contributed by atoms with E-state index in [1.807, 2.05) is 0 Å². The summed E-state index contributed by atoms with van der Waals surface area (Å²) >= 11 is 0. The molecular formula is C13H18O4. The topological polar surface area (TPSA) is 66.8 Å². The quantitative estimate of drug-likeness (QED) is 0.825. The highest BCUT2D eigenvalue weighted by Gasteiger charge is 2.28. The van der Waals surface area contributed by atoms with Crippen LogP contribution in [0.4, 0.5) is 0 Å². The van der Waals surface area contributed by atoms with Gasteiger partial charge in [-0.3, -0.25) is 4.79 Å². The summed E-state index contributed by atoms with van der Waals surface area (Å²) in [6, 6.07) is 7.01. The van der Waals surface area contributed by atoms with Crippen molar-refractivity contribution in [3.63, 3.8) is 0 Å². The SMILES string of the molecule is CC(O)c1cccc(OCC(C)(C)C(=O)O)c1. The number of aliphatic carboxylic acids is 1. The molecule has 94 valence electrons. The number of hydrogen-bond acceptors (Lipinski definition) is 3. The summed E-state index contributed by atoms with van der Waals surface area (Å²) < 4.78 is 5.43. The lowest BCUT2D eigenvalue weighted by Gasteiger charge is -2.19. The van der Waals surface area contributed by atoms with Gasteiger partial charge in [-0.2, -0.15) is 0 Å². The average Bonchev–Trinajstić information content (AvgIpc) is 2.26. The highest BCUT2D eigenvalue weighted by atomic mass is 16.5. The third-order valence-electron chi connectivity index (χ3n) is 2.52. The molecule has 0 aromatic heterocycles. The maximum absolute atomic E-state index is 10.9. The zero-order valence-electron chi connectivity index (χ0n) is 10.3. The summed E-state index contributed by atoms with van der Waals surface area (Å²) in [6.45, 7) is 4.97. The van der Waals surface area contributed by atoms with Gasteiger partial charge >= 0.3 is 5.97 Å². The predicted octanol–water partition coefficient (Wildman–Crippen LogP) is 2.23. The van der Waals surface area contributed by atoms with Gasteiger partial charge in [0.15, 0.2) is 0 Å². The fourth-order valence-electron chi connectivity index (χ4n) is 1.19. The van der Waals surface area contributed by atoms with Crippen LogP contribution in [-0.4, -0.2) is 22.8 Å². The highest BCUT2D eigenvalue weighted by molar-refractivity contribution is 5.73. The molecule has 0 bridgehead atoms. The molecule has 0 fully saturated rings. The van der Waals surface area contributed by atoms with Crippen LogP contribution in [0, 0.1) is 5.41 Å². The first-order chi connectivity index (χ1) is 7.83. The van der Waals surface area contributed by atoms with Gasteiger partial charge in [0.2, 0.25) is 0 Å². The van der Waals surface area contributed by atoms with E-state index in [0.29, 0.717) is 5.75 Å². The van der Waals surface area contributed by atoms with Crippen LogP contribution < -0.4 is 4.74 Å². The molecule has 1 atom stereocenters. The van der Waals surface area contributed by atoms with Gasteiger partial charge in [-0.15, -0.1) is 0 Å². The van der Waals surface area contributed by atoms with E-state index in [2.05, 4.69) is 0 Å². The van der Waals surface area contributed by atoms with Crippen molar-refractivity contribution in [2.75, 3.05) is 6.61 Å². The summed E-state index contributed by atoms with van der Waals surface area (Å²) in [7, 11) is 0. The van der Waals surface area contributed by atoms with E-state index in [1.165, 1.54) is 0 Å². The van der Waals surface area contributed by atoms with Crippen LogP contribution in [-0.2, 0) is 4.79 Å². The second-order valence-electron chi connectivity index (χ2n) is 4.73. The van der Waals surface area contributed by atoms with E-state index in [4.69, 9.17) is 9.84 Å². The van der Waals surface area contributed by atoms with Crippen LogP contribution in [0.2, 0.25) is 0 Å². The summed E-state index contributed by atoms with van der Waals surface area (Å²) in [4.78, 5) is 10.9. The molecule has 0 saturated heterocycles. The van der Waals surface area contributed by atoms with Gasteiger partial charge in [0.05, 0.1) is 11.5 Å². The fourth-order valence-corrected chi connectivity index (χ4v) is 1.19. The second-order valence-corrected chi connectivity index (χ2v) is 4.73. The van der Waals surface area contributed by atoms with Crippen molar-refractivity contribution in [3.05, 3.63) is 29.8 Å². The molecule has 0 aliphatic carbocycles. The number of hydrogen-bond donors (Lipinski definition) is 2. The molecule has 1 aromatic carbocycles. The first-order valence-electron chi connectivity index (χ1n) is 5.47. The lowest BCUT2D eigenvalue weighted by atomic mass is 9.95. The Kier molecular flexibility index (Phi) is 4.12. The molecule has 2 N–H and O–H groups in total. The zero-order chi connectivity index (χ0) is 13.1. The number of carboxylic acid groups (broad SMARTS) is 1. The van der Waals surface area contributed by atoms with E-state index in [-0.39, 0.29) is 6.61 Å². The van der Waals surface area contributed by atoms with Crippen molar-refractivity contribution in [2.45, 2.75) is 26.9 Å². The molecule has 1 unspecified atom stereocenters. The number of aliphatic hydroxyl groups is 1. The number of aliphatic hydroxyl groups excluding tert-OH is 1. The summed E-state index contributed by atoms with van der Waals surface area (Å²) in [5.41, 5.74) is -0.184. The molecule has 0 radical (unpaired) electrons. The lowest BCUT2D eigenvalue weighted by Crippen LogP contribution is -2.30. The molecule has 0 amide bonds. The van der Waals surface area contributed by atoms with Gasteiger partial charge < -0.3 is 14.9 Å². The first-order valence-corrected chi connectivity index (χ1v) is 5.47. The number of benzene rings is 1. The van der Waals surface area contributed by atoms with Crippen molar-refractivity contribution in [1.29, 1.82) is 0 Å². The average molecular weight is 238 g/mol. The number of carbonyl (C=O) groups is 1. The van der Waals surface area contributed by atoms with Crippen molar-refractivity contribution in [3.8, 4) is 5.75 Å². The van der Waals surface area contributed by atoms with Gasteiger partial charge in [0.1, 0.15) is 12.4 Å². The molecular weight excluding hydrogens is 220 g/mol. The number of carboxylic acids is 1. The predicted molar refractivity (Wildman–Crippen MR) is 64.0 cm³/mol. The minimum Gasteiger partial charge on any atom is -0.492 e. The van der Waals surface area contributed by atoms with E-state index in [9.17, 15) is 9.90 Å². The van der Waals surface area contributed by atoms with Crippen LogP contribution in [0.5, 0.6) is 5.75 Å². The minimum atomic E-state index is -0.930. The van der Waals surface area contributed by atoms with Gasteiger partial charge in [-0.1, -0.05) is 12.1 Å². The maximum Gasteiger partial charge on any atom is 0.312 e. The molecule has 1 aromatic rings. The summed E-state index contributed by atoms with van der Waals surface area (Å²) in [5.74, 6) is -0.332. The minimum absolute atomic E-state index is 0.0889. The smallest absolute Gasteiger partial charge is 0.312 e. The van der Waals surface area contributed by atoms with Crippen LogP contribution in [0.25, 0.3) is 0 Å². The van der Waals surface area contributed by atoms with Crippen LogP contribution >= 0.6 is 0 Å². The van der Waals surface area contributed by atoms with Crippen LogP contribution in [0.3, 0.4) is 0 Å². The Morgan fingerprint density at radius 2 is 2.12 bits per heavy atom. The maximum atomic E-state index is 10.9. The molecule has 1 rings (SSSR count). The number of rotatable bonds is 5. The monoisotopic (exact) mass is 238 g/mol. The zero-order valence-corrected chi connectivity index (χ0v) is 10.3. The summed E-state index contributed by atoms with van der Waals surface area (Å²) in [5, 5.41) is 18.4. The largest absolute Gasteiger partial charge is 0.492 e. The van der Waals surface area contributed by atoms with Gasteiger partial charge in [-0.25, -0.2) is 0 Å². The Morgan fingerprint density at radius 1 is 1.47 bits per heavy atom. The van der Waals surface area contributed by atoms with E-state index >= 15 is 0 Å². The molecule has 0 saturated carbocycles. The Hall–Kier alpha value is -1.55. The van der Waals surface area contributed by atoms with E-state index in [1.54, 1.807) is 45.0 Å². The molecule has 0 aliphatic heterocycles. The van der Waals surface area contributed by atoms with Crippen LogP contribution in [0.1, 0.15) is 32.4 Å². The Morgan fingerprint density at radius 3 is 2.65 bits per heavy atom. The van der Waals surface area contributed by atoms with E-state index in [0.717, 1.165) is 5.56 Å². The van der Waals surface area contributed by atoms with Gasteiger partial charge in [0, 0.05) is 0 Å². The van der Waals surface area contributed by atoms with Gasteiger partial charge in [0.25, 0.3) is 0 Å². The third-order valence-corrected chi connectivity index (χ3v) is 2.52. The lowest BCUT2D eigenvalue weighted by molar-refractivity contribution is -0.148. The fraction of sp³-hybridized carbons (Fsp3) is 0.462. The molecule has 0 aliphatic rings. The van der Waals surface area contributed by atoms with Crippen molar-refractivity contribution < 1.29 is 19.7 Å². The number of ether oxygens (including phenoxy) is 1. The third kappa shape index (κ3) is 3.75. The molecule has 0 heterocycles. The van der Waals surface area contributed by atoms with Gasteiger partial charge in [-0.05, 0) is 38.5 Å². The van der Waals surface area contributed by atoms with Crippen LogP contribution in [0.15, 0.2) is 24.3 Å². The van der Waals surface area contributed by atoms with E-state index < -0.39 is 17.5 Å². The molecule has 4 nitrogen and oxygen atoms in total. The molecule has 0 spiro atoms.